The fraction of sp³-hybridized carbons (Fsp3) is 0.714. The van der Waals surface area contributed by atoms with Crippen LogP contribution in [0.25, 0.3) is 0 Å². The molecule has 0 aliphatic carbocycles. The number of rotatable bonds is 4. The molecule has 64 valence electrons. The number of hydrogen-bond donors (Lipinski definition) is 1. The van der Waals surface area contributed by atoms with Gasteiger partial charge in [-0.25, -0.2) is 0 Å². The SMILES string of the molecule is CC(C)N(C)CC(=O)NC=O. The molecule has 11 heavy (non-hydrogen) atoms. The topological polar surface area (TPSA) is 49.4 Å². The summed E-state index contributed by atoms with van der Waals surface area (Å²) in [6.45, 7) is 4.22. The Morgan fingerprint density at radius 2 is 2.18 bits per heavy atom. The predicted octanol–water partition coefficient (Wildman–Crippen LogP) is -0.401. The van der Waals surface area contributed by atoms with Crippen LogP contribution in [0.2, 0.25) is 0 Å². The first-order valence-corrected chi connectivity index (χ1v) is 3.51. The van der Waals surface area contributed by atoms with Crippen molar-refractivity contribution < 1.29 is 9.59 Å². The van der Waals surface area contributed by atoms with Crippen molar-refractivity contribution in [2.75, 3.05) is 13.6 Å². The maximum Gasteiger partial charge on any atom is 0.240 e. The lowest BCUT2D eigenvalue weighted by Crippen LogP contribution is -2.37. The van der Waals surface area contributed by atoms with Crippen molar-refractivity contribution in [3.63, 3.8) is 0 Å². The summed E-state index contributed by atoms with van der Waals surface area (Å²) in [6.07, 6.45) is 0.399. The van der Waals surface area contributed by atoms with Crippen LogP contribution in [0.5, 0.6) is 0 Å². The van der Waals surface area contributed by atoms with Crippen molar-refractivity contribution >= 4 is 12.3 Å². The van der Waals surface area contributed by atoms with E-state index in [0.29, 0.717) is 12.5 Å². The van der Waals surface area contributed by atoms with Gasteiger partial charge in [0.1, 0.15) is 0 Å². The molecule has 0 aliphatic rings. The Labute approximate surface area is 66.6 Å². The van der Waals surface area contributed by atoms with E-state index in [1.165, 1.54) is 0 Å². The zero-order valence-corrected chi connectivity index (χ0v) is 7.13. The van der Waals surface area contributed by atoms with Gasteiger partial charge in [-0.1, -0.05) is 0 Å². The Balaban J connectivity index is 3.65. The number of hydrogen-bond acceptors (Lipinski definition) is 3. The Morgan fingerprint density at radius 3 is 2.55 bits per heavy atom. The van der Waals surface area contributed by atoms with Gasteiger partial charge in [0.15, 0.2) is 0 Å². The second-order valence-corrected chi connectivity index (χ2v) is 2.69. The van der Waals surface area contributed by atoms with Crippen molar-refractivity contribution in [1.29, 1.82) is 0 Å². The van der Waals surface area contributed by atoms with E-state index in [2.05, 4.69) is 5.32 Å². The Morgan fingerprint density at radius 1 is 1.64 bits per heavy atom. The van der Waals surface area contributed by atoms with Crippen LogP contribution in [-0.4, -0.2) is 36.9 Å². The van der Waals surface area contributed by atoms with Gasteiger partial charge >= 0.3 is 0 Å². The highest BCUT2D eigenvalue weighted by atomic mass is 16.2. The minimum Gasteiger partial charge on any atom is -0.298 e. The molecule has 0 atom stereocenters. The van der Waals surface area contributed by atoms with Crippen LogP contribution in [0, 0.1) is 0 Å². The highest BCUT2D eigenvalue weighted by Gasteiger charge is 2.07. The van der Waals surface area contributed by atoms with Gasteiger partial charge in [0.25, 0.3) is 0 Å². The van der Waals surface area contributed by atoms with Crippen LogP contribution in [0.3, 0.4) is 0 Å². The monoisotopic (exact) mass is 158 g/mol. The zero-order valence-electron chi connectivity index (χ0n) is 7.13. The number of nitrogens with zero attached hydrogens (tertiary/aromatic N) is 1. The van der Waals surface area contributed by atoms with Gasteiger partial charge in [0.05, 0.1) is 6.54 Å². The zero-order chi connectivity index (χ0) is 8.85. The second kappa shape index (κ2) is 4.85. The summed E-state index contributed by atoms with van der Waals surface area (Å²) in [5.74, 6) is -0.267. The average molecular weight is 158 g/mol. The van der Waals surface area contributed by atoms with Gasteiger partial charge in [0, 0.05) is 6.04 Å². The van der Waals surface area contributed by atoms with Crippen molar-refractivity contribution in [3.8, 4) is 0 Å². The number of carbonyl (C=O) groups is 2. The van der Waals surface area contributed by atoms with E-state index < -0.39 is 0 Å². The van der Waals surface area contributed by atoms with E-state index in [-0.39, 0.29) is 12.5 Å². The van der Waals surface area contributed by atoms with Crippen LogP contribution < -0.4 is 5.32 Å². The molecule has 0 aromatic rings. The normalized spacial score (nSPS) is 10.3. The molecule has 2 amide bonds. The summed E-state index contributed by atoms with van der Waals surface area (Å²) in [5.41, 5.74) is 0. The number of amides is 2. The fourth-order valence-corrected chi connectivity index (χ4v) is 0.520. The van der Waals surface area contributed by atoms with E-state index in [1.54, 1.807) is 0 Å². The Bertz CT molecular complexity index is 145. The standard InChI is InChI=1S/C7H14N2O2/c1-6(2)9(3)4-7(11)8-5-10/h5-6H,4H2,1-3H3,(H,8,10,11). The first-order valence-electron chi connectivity index (χ1n) is 3.51. The van der Waals surface area contributed by atoms with Gasteiger partial charge < -0.3 is 0 Å². The predicted molar refractivity (Wildman–Crippen MR) is 42.0 cm³/mol. The van der Waals surface area contributed by atoms with Gasteiger partial charge in [-0.3, -0.25) is 19.8 Å². The molecule has 0 spiro atoms. The third-order valence-corrected chi connectivity index (χ3v) is 1.49. The van der Waals surface area contributed by atoms with Crippen LogP contribution in [0.15, 0.2) is 0 Å². The number of nitrogens with one attached hydrogen (secondary N) is 1. The third kappa shape index (κ3) is 4.50. The van der Waals surface area contributed by atoms with Gasteiger partial charge in [-0.15, -0.1) is 0 Å². The highest BCUT2D eigenvalue weighted by Crippen LogP contribution is 1.90. The minimum absolute atomic E-state index is 0.260. The molecule has 0 saturated carbocycles. The first-order chi connectivity index (χ1) is 5.07. The average Bonchev–Trinajstić information content (AvgIpc) is 1.87. The fourth-order valence-electron chi connectivity index (χ4n) is 0.520. The largest absolute Gasteiger partial charge is 0.298 e. The molecule has 0 fully saturated rings. The lowest BCUT2D eigenvalue weighted by Gasteiger charge is -2.18. The molecule has 0 radical (unpaired) electrons. The summed E-state index contributed by atoms with van der Waals surface area (Å²) in [6, 6.07) is 0.312. The van der Waals surface area contributed by atoms with Gasteiger partial charge in [-0.2, -0.15) is 0 Å². The summed E-state index contributed by atoms with van der Waals surface area (Å²) in [7, 11) is 1.83. The van der Waals surface area contributed by atoms with Crippen LogP contribution >= 0.6 is 0 Å². The molecule has 0 aliphatic heterocycles. The molecule has 0 unspecified atom stereocenters. The van der Waals surface area contributed by atoms with Crippen molar-refractivity contribution in [1.82, 2.24) is 10.2 Å². The molecule has 0 aromatic heterocycles. The first kappa shape index (κ1) is 10.1. The molecule has 0 rings (SSSR count). The number of likely N-dealkylation sites (N-methyl/N-ethyl adjacent to an activating group) is 1. The molecule has 0 saturated heterocycles. The molecule has 0 heterocycles. The molecule has 4 nitrogen and oxygen atoms in total. The lowest BCUT2D eigenvalue weighted by molar-refractivity contribution is -0.126. The number of imide groups is 1. The maximum absolute atomic E-state index is 10.8. The van der Waals surface area contributed by atoms with Crippen molar-refractivity contribution in [2.24, 2.45) is 0 Å². The highest BCUT2D eigenvalue weighted by molar-refractivity contribution is 5.87. The van der Waals surface area contributed by atoms with E-state index in [0.717, 1.165) is 0 Å². The molecule has 0 bridgehead atoms. The smallest absolute Gasteiger partial charge is 0.240 e. The second-order valence-electron chi connectivity index (χ2n) is 2.69. The van der Waals surface area contributed by atoms with Crippen LogP contribution in [0.4, 0.5) is 0 Å². The quantitative estimate of drug-likeness (QED) is 0.566. The Hall–Kier alpha value is -0.900. The molecular formula is C7H14N2O2. The van der Waals surface area contributed by atoms with E-state index in [1.807, 2.05) is 25.8 Å². The summed E-state index contributed by atoms with van der Waals surface area (Å²) < 4.78 is 0. The summed E-state index contributed by atoms with van der Waals surface area (Å²) in [5, 5.41) is 2.07. The lowest BCUT2D eigenvalue weighted by atomic mass is 10.3. The molecule has 1 N–H and O–H groups in total. The van der Waals surface area contributed by atoms with Gasteiger partial charge in [-0.05, 0) is 20.9 Å². The van der Waals surface area contributed by atoms with Crippen LogP contribution in [-0.2, 0) is 9.59 Å². The maximum atomic E-state index is 10.8. The van der Waals surface area contributed by atoms with Crippen LogP contribution in [0.1, 0.15) is 13.8 Å². The molecular weight excluding hydrogens is 144 g/mol. The van der Waals surface area contributed by atoms with E-state index in [4.69, 9.17) is 0 Å². The summed E-state index contributed by atoms with van der Waals surface area (Å²) in [4.78, 5) is 22.4. The molecule has 4 heteroatoms. The van der Waals surface area contributed by atoms with E-state index >= 15 is 0 Å². The van der Waals surface area contributed by atoms with Crippen molar-refractivity contribution in [3.05, 3.63) is 0 Å². The van der Waals surface area contributed by atoms with E-state index in [9.17, 15) is 9.59 Å². The Kier molecular flexibility index (Phi) is 4.45. The molecule has 0 aromatic carbocycles. The van der Waals surface area contributed by atoms with Gasteiger partial charge in [0.2, 0.25) is 12.3 Å². The summed E-state index contributed by atoms with van der Waals surface area (Å²) >= 11 is 0. The third-order valence-electron chi connectivity index (χ3n) is 1.49. The minimum atomic E-state index is -0.267. The number of carbonyl (C=O) groups excluding carboxylic acids is 2. The van der Waals surface area contributed by atoms with Crippen molar-refractivity contribution in [2.45, 2.75) is 19.9 Å².